The van der Waals surface area contributed by atoms with E-state index in [0.29, 0.717) is 26.1 Å². The summed E-state index contributed by atoms with van der Waals surface area (Å²) in [7, 11) is -3.33. The van der Waals surface area contributed by atoms with Crippen LogP contribution in [0.1, 0.15) is 32.1 Å². The van der Waals surface area contributed by atoms with E-state index < -0.39 is 21.4 Å². The minimum absolute atomic E-state index is 0.219. The molecule has 108 valence electrons. The van der Waals surface area contributed by atoms with Crippen molar-refractivity contribution in [3.63, 3.8) is 0 Å². The first-order valence-corrected chi connectivity index (χ1v) is 8.42. The number of nitrogens with one attached hydrogen (secondary N) is 2. The molecular weight excluding hydrogens is 268 g/mol. The van der Waals surface area contributed by atoms with E-state index in [1.807, 2.05) is 0 Å². The highest BCUT2D eigenvalue weighted by Gasteiger charge is 2.47. The molecular formula is C11H20N4O3S. The second-order valence-electron chi connectivity index (χ2n) is 5.40. The summed E-state index contributed by atoms with van der Waals surface area (Å²) < 4.78 is 27.0. The second kappa shape index (κ2) is 4.92. The topological polar surface area (TPSA) is 81.8 Å². The van der Waals surface area contributed by atoms with Gasteiger partial charge in [-0.25, -0.2) is 22.9 Å². The van der Waals surface area contributed by atoms with Crippen molar-refractivity contribution in [1.82, 2.24) is 20.1 Å². The lowest BCUT2D eigenvalue weighted by Crippen LogP contribution is -2.57. The number of carbonyl (C=O) groups is 1. The molecule has 3 fully saturated rings. The molecule has 2 atom stereocenters. The fourth-order valence-corrected chi connectivity index (χ4v) is 5.34. The number of rotatable bonds is 2. The Morgan fingerprint density at radius 3 is 2.53 bits per heavy atom. The van der Waals surface area contributed by atoms with Crippen LogP contribution in [0.2, 0.25) is 0 Å². The van der Waals surface area contributed by atoms with E-state index in [1.54, 1.807) is 9.21 Å². The molecule has 0 aromatic carbocycles. The molecule has 3 saturated heterocycles. The first-order valence-electron chi connectivity index (χ1n) is 6.92. The highest BCUT2D eigenvalue weighted by atomic mass is 32.2. The fraction of sp³-hybridized carbons (Fsp3) is 0.909. The summed E-state index contributed by atoms with van der Waals surface area (Å²) >= 11 is 0. The third-order valence-corrected chi connectivity index (χ3v) is 6.56. The minimum atomic E-state index is -3.33. The molecule has 0 aromatic rings. The van der Waals surface area contributed by atoms with Crippen LogP contribution in [-0.2, 0) is 10.0 Å². The molecule has 8 heteroatoms. The van der Waals surface area contributed by atoms with Crippen molar-refractivity contribution >= 4 is 16.1 Å². The predicted octanol–water partition coefficient (Wildman–Crippen LogP) is -0.180. The van der Waals surface area contributed by atoms with E-state index in [4.69, 9.17) is 0 Å². The van der Waals surface area contributed by atoms with Gasteiger partial charge in [0, 0.05) is 19.6 Å². The van der Waals surface area contributed by atoms with Crippen LogP contribution in [0.15, 0.2) is 0 Å². The lowest BCUT2D eigenvalue weighted by atomic mass is 10.1. The highest BCUT2D eigenvalue weighted by Crippen LogP contribution is 2.28. The van der Waals surface area contributed by atoms with Crippen LogP contribution in [0.4, 0.5) is 4.79 Å². The van der Waals surface area contributed by atoms with E-state index in [9.17, 15) is 13.2 Å². The van der Waals surface area contributed by atoms with Crippen molar-refractivity contribution in [2.75, 3.05) is 19.6 Å². The molecule has 0 saturated carbocycles. The number of fused-ring (bicyclic) bond motifs is 1. The van der Waals surface area contributed by atoms with Crippen molar-refractivity contribution in [1.29, 1.82) is 0 Å². The highest BCUT2D eigenvalue weighted by molar-refractivity contribution is 7.89. The van der Waals surface area contributed by atoms with Crippen molar-refractivity contribution in [2.24, 2.45) is 0 Å². The number of amides is 2. The molecule has 2 unspecified atom stereocenters. The van der Waals surface area contributed by atoms with Gasteiger partial charge in [0.25, 0.3) is 0 Å². The van der Waals surface area contributed by atoms with Gasteiger partial charge < -0.3 is 4.90 Å². The minimum Gasteiger partial charge on any atom is -0.305 e. The van der Waals surface area contributed by atoms with Gasteiger partial charge in [0.2, 0.25) is 10.0 Å². The van der Waals surface area contributed by atoms with Crippen molar-refractivity contribution in [2.45, 2.75) is 43.5 Å². The molecule has 3 aliphatic heterocycles. The standard InChI is InChI=1S/C11H20N4O3S/c16-11-13-12-10-9(5-4-8-15(10)11)19(17,18)14-6-2-1-3-7-14/h9-10,12H,1-8H2,(H,13,16). The van der Waals surface area contributed by atoms with E-state index in [-0.39, 0.29) is 6.03 Å². The molecule has 0 aromatic heterocycles. The van der Waals surface area contributed by atoms with E-state index in [2.05, 4.69) is 10.9 Å². The normalized spacial score (nSPS) is 33.1. The van der Waals surface area contributed by atoms with Gasteiger partial charge in [-0.2, -0.15) is 0 Å². The Labute approximate surface area is 113 Å². The quantitative estimate of drug-likeness (QED) is 0.738. The van der Waals surface area contributed by atoms with E-state index in [0.717, 1.165) is 25.7 Å². The number of piperidine rings is 2. The Morgan fingerprint density at radius 1 is 1.05 bits per heavy atom. The molecule has 2 amide bonds. The van der Waals surface area contributed by atoms with Crippen LogP contribution < -0.4 is 10.9 Å². The molecule has 19 heavy (non-hydrogen) atoms. The second-order valence-corrected chi connectivity index (χ2v) is 7.55. The maximum absolute atomic E-state index is 12.7. The average molecular weight is 288 g/mol. The first kappa shape index (κ1) is 13.1. The Bertz CT molecular complexity index is 461. The molecule has 0 aliphatic carbocycles. The van der Waals surface area contributed by atoms with Crippen LogP contribution in [0.5, 0.6) is 0 Å². The fourth-order valence-electron chi connectivity index (χ4n) is 3.19. The molecule has 7 nitrogen and oxygen atoms in total. The summed E-state index contributed by atoms with van der Waals surface area (Å²) in [5.74, 6) is 0. The molecule has 0 bridgehead atoms. The summed E-state index contributed by atoms with van der Waals surface area (Å²) in [5, 5.41) is -0.529. The Hall–Kier alpha value is -0.860. The van der Waals surface area contributed by atoms with Crippen molar-refractivity contribution in [3.05, 3.63) is 0 Å². The Kier molecular flexibility index (Phi) is 3.40. The maximum atomic E-state index is 12.7. The predicted molar refractivity (Wildman–Crippen MR) is 69.5 cm³/mol. The zero-order chi connectivity index (χ0) is 13.5. The molecule has 3 heterocycles. The van der Waals surface area contributed by atoms with Crippen LogP contribution in [-0.4, -0.2) is 54.7 Å². The lowest BCUT2D eigenvalue weighted by molar-refractivity contribution is 0.177. The number of hydrogen-bond donors (Lipinski definition) is 2. The number of sulfonamides is 1. The van der Waals surface area contributed by atoms with Gasteiger partial charge in [-0.05, 0) is 25.7 Å². The Morgan fingerprint density at radius 2 is 1.79 bits per heavy atom. The number of hydrazine groups is 1. The number of nitrogens with zero attached hydrogens (tertiary/aromatic N) is 2. The van der Waals surface area contributed by atoms with Crippen molar-refractivity contribution < 1.29 is 13.2 Å². The van der Waals surface area contributed by atoms with E-state index >= 15 is 0 Å². The number of urea groups is 1. The summed E-state index contributed by atoms with van der Waals surface area (Å²) in [6.07, 6.45) is 3.90. The number of hydrogen-bond acceptors (Lipinski definition) is 4. The SMILES string of the molecule is O=C1NNC2C(S(=O)(=O)N3CCCCC3)CCCN12. The number of carbonyl (C=O) groups excluding carboxylic acids is 1. The zero-order valence-corrected chi connectivity index (χ0v) is 11.7. The van der Waals surface area contributed by atoms with E-state index in [1.165, 1.54) is 0 Å². The van der Waals surface area contributed by atoms with Crippen LogP contribution in [0, 0.1) is 0 Å². The Balaban J connectivity index is 1.81. The summed E-state index contributed by atoms with van der Waals surface area (Å²) in [6.45, 7) is 1.86. The lowest BCUT2D eigenvalue weighted by Gasteiger charge is -2.38. The average Bonchev–Trinajstić information content (AvgIpc) is 2.81. The van der Waals surface area contributed by atoms with Gasteiger partial charge in [-0.15, -0.1) is 0 Å². The summed E-state index contributed by atoms with van der Waals surface area (Å²) in [6, 6.07) is -0.219. The van der Waals surface area contributed by atoms with Crippen LogP contribution >= 0.6 is 0 Å². The monoisotopic (exact) mass is 288 g/mol. The molecule has 3 aliphatic rings. The molecule has 0 radical (unpaired) electrons. The largest absolute Gasteiger partial charge is 0.333 e. The van der Waals surface area contributed by atoms with Gasteiger partial charge >= 0.3 is 6.03 Å². The first-order chi connectivity index (χ1) is 9.10. The summed E-state index contributed by atoms with van der Waals surface area (Å²) in [4.78, 5) is 13.2. The van der Waals surface area contributed by atoms with Crippen molar-refractivity contribution in [3.8, 4) is 0 Å². The van der Waals surface area contributed by atoms with Crippen LogP contribution in [0.25, 0.3) is 0 Å². The van der Waals surface area contributed by atoms with Gasteiger partial charge in [-0.3, -0.25) is 5.43 Å². The zero-order valence-electron chi connectivity index (χ0n) is 10.8. The van der Waals surface area contributed by atoms with Crippen LogP contribution in [0.3, 0.4) is 0 Å². The third-order valence-electron chi connectivity index (χ3n) is 4.22. The smallest absolute Gasteiger partial charge is 0.305 e. The van der Waals surface area contributed by atoms with Gasteiger partial charge in [0.1, 0.15) is 11.4 Å². The maximum Gasteiger partial charge on any atom is 0.333 e. The van der Waals surface area contributed by atoms with Gasteiger partial charge in [-0.1, -0.05) is 6.42 Å². The van der Waals surface area contributed by atoms with Gasteiger partial charge in [0.05, 0.1) is 0 Å². The molecule has 0 spiro atoms. The molecule has 2 N–H and O–H groups in total. The third kappa shape index (κ3) is 2.21. The summed E-state index contributed by atoms with van der Waals surface area (Å²) in [5.41, 5.74) is 5.34. The molecule has 3 rings (SSSR count). The van der Waals surface area contributed by atoms with Gasteiger partial charge in [0.15, 0.2) is 0 Å².